The number of halogens is 1. The standard InChI is InChI=1S/C13H11ClN4/c1-18-11-5-4-8(14)7-10(11)17-13(18)12-9(15)3-2-6-16-12/h2-7H,15H2,1H3. The maximum atomic E-state index is 5.97. The molecular formula is C13H11ClN4. The zero-order chi connectivity index (χ0) is 12.7. The molecule has 5 heteroatoms. The van der Waals surface area contributed by atoms with Crippen LogP contribution in [0.1, 0.15) is 0 Å². The van der Waals surface area contributed by atoms with Crippen LogP contribution >= 0.6 is 11.6 Å². The maximum absolute atomic E-state index is 5.97. The first kappa shape index (κ1) is 11.0. The van der Waals surface area contributed by atoms with Gasteiger partial charge in [0, 0.05) is 18.3 Å². The first-order valence-electron chi connectivity index (χ1n) is 5.49. The van der Waals surface area contributed by atoms with Crippen LogP contribution in [0.2, 0.25) is 5.02 Å². The predicted molar refractivity (Wildman–Crippen MR) is 73.4 cm³/mol. The molecule has 0 saturated heterocycles. The molecule has 0 radical (unpaired) electrons. The first-order chi connectivity index (χ1) is 8.66. The number of fused-ring (bicyclic) bond motifs is 1. The number of anilines is 1. The summed E-state index contributed by atoms with van der Waals surface area (Å²) in [6.45, 7) is 0. The summed E-state index contributed by atoms with van der Waals surface area (Å²) in [4.78, 5) is 8.83. The van der Waals surface area contributed by atoms with Gasteiger partial charge in [-0.05, 0) is 30.3 Å². The molecule has 2 aromatic heterocycles. The van der Waals surface area contributed by atoms with Gasteiger partial charge in [0.2, 0.25) is 0 Å². The van der Waals surface area contributed by atoms with Crippen molar-refractivity contribution in [3.8, 4) is 11.5 Å². The molecule has 3 rings (SSSR count). The Balaban J connectivity index is 2.31. The lowest BCUT2D eigenvalue weighted by molar-refractivity contribution is 0.951. The second-order valence-corrected chi connectivity index (χ2v) is 4.51. The Labute approximate surface area is 109 Å². The first-order valence-corrected chi connectivity index (χ1v) is 5.87. The normalized spacial score (nSPS) is 11.0. The van der Waals surface area contributed by atoms with Crippen LogP contribution in [0.15, 0.2) is 36.5 Å². The molecule has 0 spiro atoms. The topological polar surface area (TPSA) is 56.7 Å². The summed E-state index contributed by atoms with van der Waals surface area (Å²) in [5.41, 5.74) is 9.07. The minimum Gasteiger partial charge on any atom is -0.397 e. The van der Waals surface area contributed by atoms with Gasteiger partial charge in [0.1, 0.15) is 5.69 Å². The third kappa shape index (κ3) is 1.62. The number of hydrogen-bond acceptors (Lipinski definition) is 3. The Morgan fingerprint density at radius 2 is 2.11 bits per heavy atom. The lowest BCUT2D eigenvalue weighted by atomic mass is 10.3. The average molecular weight is 259 g/mol. The molecule has 2 N–H and O–H groups in total. The van der Waals surface area contributed by atoms with Crippen molar-refractivity contribution in [2.24, 2.45) is 7.05 Å². The van der Waals surface area contributed by atoms with Crippen molar-refractivity contribution >= 4 is 28.3 Å². The molecule has 18 heavy (non-hydrogen) atoms. The molecule has 0 bridgehead atoms. The van der Waals surface area contributed by atoms with Crippen molar-refractivity contribution in [3.05, 3.63) is 41.6 Å². The number of nitrogens with two attached hydrogens (primary N) is 1. The number of aryl methyl sites for hydroxylation is 1. The second-order valence-electron chi connectivity index (χ2n) is 4.07. The minimum atomic E-state index is 0.613. The molecule has 3 aromatic rings. The van der Waals surface area contributed by atoms with Crippen molar-refractivity contribution in [2.45, 2.75) is 0 Å². The summed E-state index contributed by atoms with van der Waals surface area (Å²) < 4.78 is 1.96. The van der Waals surface area contributed by atoms with E-state index in [9.17, 15) is 0 Å². The van der Waals surface area contributed by atoms with E-state index in [4.69, 9.17) is 17.3 Å². The fraction of sp³-hybridized carbons (Fsp3) is 0.0769. The summed E-state index contributed by atoms with van der Waals surface area (Å²) in [5, 5.41) is 0.668. The largest absolute Gasteiger partial charge is 0.397 e. The Morgan fingerprint density at radius 1 is 1.28 bits per heavy atom. The van der Waals surface area contributed by atoms with E-state index in [0.29, 0.717) is 16.4 Å². The van der Waals surface area contributed by atoms with Gasteiger partial charge in [-0.15, -0.1) is 0 Å². The van der Waals surface area contributed by atoms with Crippen molar-refractivity contribution < 1.29 is 0 Å². The number of hydrogen-bond donors (Lipinski definition) is 1. The molecule has 0 aliphatic heterocycles. The number of nitrogen functional groups attached to an aromatic ring is 1. The molecular weight excluding hydrogens is 248 g/mol. The van der Waals surface area contributed by atoms with Gasteiger partial charge in [-0.3, -0.25) is 4.98 Å². The van der Waals surface area contributed by atoms with Crippen LogP contribution in [0, 0.1) is 0 Å². The SMILES string of the molecule is Cn1c(-c2ncccc2N)nc2cc(Cl)ccc21. The summed E-state index contributed by atoms with van der Waals surface area (Å²) >= 11 is 5.97. The van der Waals surface area contributed by atoms with E-state index in [2.05, 4.69) is 9.97 Å². The van der Waals surface area contributed by atoms with Gasteiger partial charge >= 0.3 is 0 Å². The number of aromatic nitrogens is 3. The van der Waals surface area contributed by atoms with Crippen LogP contribution in [0.3, 0.4) is 0 Å². The van der Waals surface area contributed by atoms with Gasteiger partial charge in [0.05, 0.1) is 16.7 Å². The smallest absolute Gasteiger partial charge is 0.161 e. The highest BCUT2D eigenvalue weighted by atomic mass is 35.5. The number of benzene rings is 1. The van der Waals surface area contributed by atoms with Crippen molar-refractivity contribution in [3.63, 3.8) is 0 Å². The predicted octanol–water partition coefficient (Wildman–Crippen LogP) is 2.87. The van der Waals surface area contributed by atoms with Gasteiger partial charge in [-0.1, -0.05) is 11.6 Å². The van der Waals surface area contributed by atoms with E-state index in [1.807, 2.05) is 35.9 Å². The molecule has 0 atom stereocenters. The Bertz CT molecular complexity index is 733. The van der Waals surface area contributed by atoms with Gasteiger partial charge in [-0.2, -0.15) is 0 Å². The fourth-order valence-electron chi connectivity index (χ4n) is 1.99. The zero-order valence-corrected chi connectivity index (χ0v) is 10.5. The third-order valence-electron chi connectivity index (χ3n) is 2.89. The number of imidazole rings is 1. The Kier molecular flexibility index (Phi) is 2.45. The van der Waals surface area contributed by atoms with E-state index in [-0.39, 0.29) is 0 Å². The second kappa shape index (κ2) is 3.99. The van der Waals surface area contributed by atoms with Crippen LogP contribution in [-0.2, 0) is 7.05 Å². The number of pyridine rings is 1. The molecule has 0 unspecified atom stereocenters. The highest BCUT2D eigenvalue weighted by Crippen LogP contribution is 2.27. The summed E-state index contributed by atoms with van der Waals surface area (Å²) in [6.07, 6.45) is 1.71. The summed E-state index contributed by atoms with van der Waals surface area (Å²) in [5.74, 6) is 0.741. The quantitative estimate of drug-likeness (QED) is 0.730. The van der Waals surface area contributed by atoms with Crippen molar-refractivity contribution in [1.82, 2.24) is 14.5 Å². The minimum absolute atomic E-state index is 0.613. The third-order valence-corrected chi connectivity index (χ3v) is 3.13. The monoisotopic (exact) mass is 258 g/mol. The van der Waals surface area contributed by atoms with E-state index >= 15 is 0 Å². The molecule has 2 heterocycles. The molecule has 90 valence electrons. The van der Waals surface area contributed by atoms with Crippen LogP contribution < -0.4 is 5.73 Å². The van der Waals surface area contributed by atoms with Crippen molar-refractivity contribution in [2.75, 3.05) is 5.73 Å². The van der Waals surface area contributed by atoms with Crippen LogP contribution in [0.4, 0.5) is 5.69 Å². The van der Waals surface area contributed by atoms with E-state index in [1.54, 1.807) is 12.3 Å². The lowest BCUT2D eigenvalue weighted by Gasteiger charge is -2.04. The van der Waals surface area contributed by atoms with E-state index in [0.717, 1.165) is 16.9 Å². The van der Waals surface area contributed by atoms with Gasteiger partial charge in [0.25, 0.3) is 0 Å². The molecule has 0 saturated carbocycles. The highest BCUT2D eigenvalue weighted by molar-refractivity contribution is 6.31. The van der Waals surface area contributed by atoms with E-state index < -0.39 is 0 Å². The molecule has 0 amide bonds. The lowest BCUT2D eigenvalue weighted by Crippen LogP contribution is -1.98. The highest BCUT2D eigenvalue weighted by Gasteiger charge is 2.13. The van der Waals surface area contributed by atoms with Gasteiger partial charge in [0.15, 0.2) is 5.82 Å². The molecule has 4 nitrogen and oxygen atoms in total. The number of rotatable bonds is 1. The molecule has 0 aliphatic rings. The van der Waals surface area contributed by atoms with E-state index in [1.165, 1.54) is 0 Å². The van der Waals surface area contributed by atoms with Gasteiger partial charge < -0.3 is 10.3 Å². The zero-order valence-electron chi connectivity index (χ0n) is 9.76. The van der Waals surface area contributed by atoms with Crippen molar-refractivity contribution in [1.29, 1.82) is 0 Å². The van der Waals surface area contributed by atoms with Crippen LogP contribution in [-0.4, -0.2) is 14.5 Å². The molecule has 1 aromatic carbocycles. The summed E-state index contributed by atoms with van der Waals surface area (Å²) in [6, 6.07) is 9.23. The Hall–Kier alpha value is -2.07. The maximum Gasteiger partial charge on any atom is 0.161 e. The fourth-order valence-corrected chi connectivity index (χ4v) is 2.16. The van der Waals surface area contributed by atoms with Crippen LogP contribution in [0.5, 0.6) is 0 Å². The molecule has 0 aliphatic carbocycles. The molecule has 0 fully saturated rings. The number of nitrogens with zero attached hydrogens (tertiary/aromatic N) is 3. The Morgan fingerprint density at radius 3 is 2.89 bits per heavy atom. The van der Waals surface area contributed by atoms with Crippen LogP contribution in [0.25, 0.3) is 22.6 Å². The summed E-state index contributed by atoms with van der Waals surface area (Å²) in [7, 11) is 1.94. The van der Waals surface area contributed by atoms with Gasteiger partial charge in [-0.25, -0.2) is 4.98 Å². The average Bonchev–Trinajstić information content (AvgIpc) is 2.67.